The molecule has 1 aromatic carbocycles. The standard InChI is InChI=1S/C15H18N2O2S2/c1-11-6-8-20-15(11)10-17-21(18,19)13-5-4-12-3-2-7-16-14(12)9-13/h4-6,8-9,16-17H,2-3,7,10H2,1H3. The molecule has 0 fully saturated rings. The molecule has 0 amide bonds. The Morgan fingerprint density at radius 2 is 2.19 bits per heavy atom. The zero-order chi connectivity index (χ0) is 14.9. The maximum absolute atomic E-state index is 12.4. The zero-order valence-electron chi connectivity index (χ0n) is 11.8. The van der Waals surface area contributed by atoms with Crippen molar-refractivity contribution in [1.82, 2.24) is 4.72 Å². The van der Waals surface area contributed by atoms with Gasteiger partial charge in [-0.2, -0.15) is 0 Å². The monoisotopic (exact) mass is 322 g/mol. The third-order valence-electron chi connectivity index (χ3n) is 3.72. The van der Waals surface area contributed by atoms with E-state index in [0.29, 0.717) is 11.4 Å². The van der Waals surface area contributed by atoms with Gasteiger partial charge in [0, 0.05) is 23.7 Å². The number of fused-ring (bicyclic) bond motifs is 1. The van der Waals surface area contributed by atoms with Crippen molar-refractivity contribution in [2.45, 2.75) is 31.2 Å². The summed E-state index contributed by atoms with van der Waals surface area (Å²) in [5.74, 6) is 0. The highest BCUT2D eigenvalue weighted by atomic mass is 32.2. The molecule has 2 N–H and O–H groups in total. The molecule has 0 radical (unpaired) electrons. The number of hydrogen-bond donors (Lipinski definition) is 2. The average molecular weight is 322 g/mol. The quantitative estimate of drug-likeness (QED) is 0.910. The summed E-state index contributed by atoms with van der Waals surface area (Å²) in [6.07, 6.45) is 2.10. The molecule has 0 spiro atoms. The molecule has 0 bridgehead atoms. The van der Waals surface area contributed by atoms with Crippen LogP contribution in [0.5, 0.6) is 0 Å². The van der Waals surface area contributed by atoms with E-state index < -0.39 is 10.0 Å². The van der Waals surface area contributed by atoms with Crippen molar-refractivity contribution in [2.24, 2.45) is 0 Å². The average Bonchev–Trinajstić information content (AvgIpc) is 2.90. The molecule has 2 heterocycles. The molecule has 0 unspecified atom stereocenters. The fraction of sp³-hybridized carbons (Fsp3) is 0.333. The van der Waals surface area contributed by atoms with E-state index in [1.165, 1.54) is 5.56 Å². The van der Waals surface area contributed by atoms with Gasteiger partial charge in [-0.1, -0.05) is 6.07 Å². The summed E-state index contributed by atoms with van der Waals surface area (Å²) < 4.78 is 27.5. The molecule has 0 atom stereocenters. The van der Waals surface area contributed by atoms with Gasteiger partial charge in [-0.15, -0.1) is 11.3 Å². The number of hydrogen-bond acceptors (Lipinski definition) is 4. The highest BCUT2D eigenvalue weighted by Gasteiger charge is 2.17. The molecule has 3 rings (SSSR count). The molecule has 1 aliphatic heterocycles. The largest absolute Gasteiger partial charge is 0.385 e. The third-order valence-corrected chi connectivity index (χ3v) is 6.14. The Morgan fingerprint density at radius 3 is 2.95 bits per heavy atom. The fourth-order valence-electron chi connectivity index (χ4n) is 2.44. The number of sulfonamides is 1. The minimum atomic E-state index is -3.47. The number of aryl methyl sites for hydroxylation is 2. The van der Waals surface area contributed by atoms with Crippen molar-refractivity contribution in [3.8, 4) is 0 Å². The second-order valence-electron chi connectivity index (χ2n) is 5.20. The van der Waals surface area contributed by atoms with Gasteiger partial charge < -0.3 is 5.32 Å². The van der Waals surface area contributed by atoms with Crippen molar-refractivity contribution in [1.29, 1.82) is 0 Å². The maximum Gasteiger partial charge on any atom is 0.240 e. The maximum atomic E-state index is 12.4. The predicted octanol–water partition coefficient (Wildman–Crippen LogP) is 2.89. The molecule has 2 aromatic rings. The van der Waals surface area contributed by atoms with Gasteiger partial charge >= 0.3 is 0 Å². The van der Waals surface area contributed by atoms with Crippen LogP contribution in [0.15, 0.2) is 34.5 Å². The van der Waals surface area contributed by atoms with Crippen LogP contribution in [0.25, 0.3) is 0 Å². The fourth-order valence-corrected chi connectivity index (χ4v) is 4.39. The molecule has 1 aromatic heterocycles. The Kier molecular flexibility index (Phi) is 4.01. The van der Waals surface area contributed by atoms with Crippen LogP contribution in [0.2, 0.25) is 0 Å². The zero-order valence-corrected chi connectivity index (χ0v) is 13.5. The number of nitrogens with one attached hydrogen (secondary N) is 2. The number of rotatable bonds is 4. The summed E-state index contributed by atoms with van der Waals surface area (Å²) in [5, 5.41) is 5.24. The van der Waals surface area contributed by atoms with Crippen LogP contribution >= 0.6 is 11.3 Å². The van der Waals surface area contributed by atoms with Crippen LogP contribution < -0.4 is 10.0 Å². The Morgan fingerprint density at radius 1 is 1.33 bits per heavy atom. The summed E-state index contributed by atoms with van der Waals surface area (Å²) in [7, 11) is -3.47. The second kappa shape index (κ2) is 5.79. The van der Waals surface area contributed by atoms with Gasteiger partial charge in [0.1, 0.15) is 0 Å². The van der Waals surface area contributed by atoms with Gasteiger partial charge in [0.05, 0.1) is 4.90 Å². The minimum Gasteiger partial charge on any atom is -0.385 e. The van der Waals surface area contributed by atoms with Crippen molar-refractivity contribution >= 4 is 27.0 Å². The molecule has 0 saturated heterocycles. The normalized spacial score (nSPS) is 14.5. The van der Waals surface area contributed by atoms with E-state index in [1.54, 1.807) is 23.5 Å². The molecule has 0 aliphatic carbocycles. The van der Waals surface area contributed by atoms with Crippen molar-refractivity contribution in [2.75, 3.05) is 11.9 Å². The molecule has 0 saturated carbocycles. The summed E-state index contributed by atoms with van der Waals surface area (Å²) in [6, 6.07) is 7.33. The van der Waals surface area contributed by atoms with Gasteiger partial charge in [0.2, 0.25) is 10.0 Å². The highest BCUT2D eigenvalue weighted by Crippen LogP contribution is 2.25. The molecular formula is C15H18N2O2S2. The van der Waals surface area contributed by atoms with E-state index in [0.717, 1.165) is 35.5 Å². The van der Waals surface area contributed by atoms with Crippen molar-refractivity contribution in [3.63, 3.8) is 0 Å². The lowest BCUT2D eigenvalue weighted by Crippen LogP contribution is -2.23. The second-order valence-corrected chi connectivity index (χ2v) is 7.97. The Balaban J connectivity index is 1.80. The van der Waals surface area contributed by atoms with Gasteiger partial charge in [-0.05, 0) is 54.5 Å². The van der Waals surface area contributed by atoms with Crippen LogP contribution in [-0.4, -0.2) is 15.0 Å². The molecule has 112 valence electrons. The summed E-state index contributed by atoms with van der Waals surface area (Å²) in [5.41, 5.74) is 3.25. The van der Waals surface area contributed by atoms with Crippen LogP contribution in [0.4, 0.5) is 5.69 Å². The number of thiophene rings is 1. The lowest BCUT2D eigenvalue weighted by Gasteiger charge is -2.18. The van der Waals surface area contributed by atoms with E-state index in [4.69, 9.17) is 0 Å². The first-order valence-corrected chi connectivity index (χ1v) is 9.32. The first kappa shape index (κ1) is 14.6. The van der Waals surface area contributed by atoms with E-state index in [2.05, 4.69) is 10.0 Å². The highest BCUT2D eigenvalue weighted by molar-refractivity contribution is 7.89. The predicted molar refractivity (Wildman–Crippen MR) is 86.3 cm³/mol. The van der Waals surface area contributed by atoms with E-state index >= 15 is 0 Å². The third kappa shape index (κ3) is 3.12. The molecule has 1 aliphatic rings. The summed E-state index contributed by atoms with van der Waals surface area (Å²) in [6.45, 7) is 3.23. The smallest absolute Gasteiger partial charge is 0.240 e. The van der Waals surface area contributed by atoms with Crippen LogP contribution in [0.1, 0.15) is 22.4 Å². The molecular weight excluding hydrogens is 304 g/mol. The van der Waals surface area contributed by atoms with Crippen molar-refractivity contribution in [3.05, 3.63) is 45.6 Å². The van der Waals surface area contributed by atoms with Gasteiger partial charge in [-0.25, -0.2) is 13.1 Å². The number of benzene rings is 1. The van der Waals surface area contributed by atoms with Crippen molar-refractivity contribution < 1.29 is 8.42 Å². The van der Waals surface area contributed by atoms with E-state index in [-0.39, 0.29) is 0 Å². The lowest BCUT2D eigenvalue weighted by atomic mass is 10.0. The molecule has 4 nitrogen and oxygen atoms in total. The first-order chi connectivity index (χ1) is 10.1. The Labute approximate surface area is 129 Å². The lowest BCUT2D eigenvalue weighted by molar-refractivity contribution is 0.581. The van der Waals surface area contributed by atoms with Crippen LogP contribution in [-0.2, 0) is 23.0 Å². The summed E-state index contributed by atoms with van der Waals surface area (Å²) >= 11 is 1.57. The SMILES string of the molecule is Cc1ccsc1CNS(=O)(=O)c1ccc2c(c1)NCCC2. The van der Waals surface area contributed by atoms with Gasteiger partial charge in [0.15, 0.2) is 0 Å². The van der Waals surface area contributed by atoms with Gasteiger partial charge in [0.25, 0.3) is 0 Å². The Bertz CT molecular complexity index is 751. The van der Waals surface area contributed by atoms with Crippen LogP contribution in [0.3, 0.4) is 0 Å². The molecule has 21 heavy (non-hydrogen) atoms. The minimum absolute atomic E-state index is 0.324. The van der Waals surface area contributed by atoms with Crippen LogP contribution in [0, 0.1) is 6.92 Å². The number of anilines is 1. The topological polar surface area (TPSA) is 58.2 Å². The van der Waals surface area contributed by atoms with E-state index in [1.807, 2.05) is 24.4 Å². The van der Waals surface area contributed by atoms with E-state index in [9.17, 15) is 8.42 Å². The molecule has 6 heteroatoms. The first-order valence-electron chi connectivity index (χ1n) is 6.96. The Hall–Kier alpha value is -1.37. The van der Waals surface area contributed by atoms with Gasteiger partial charge in [-0.3, -0.25) is 0 Å². The summed E-state index contributed by atoms with van der Waals surface area (Å²) in [4.78, 5) is 1.37.